The predicted molar refractivity (Wildman–Crippen MR) is 103 cm³/mol. The fraction of sp³-hybridized carbons (Fsp3) is 0.286. The Hall–Kier alpha value is -2.99. The molecule has 1 N–H and O–H groups in total. The molecule has 3 heterocycles. The second-order valence-electron chi connectivity index (χ2n) is 6.55. The summed E-state index contributed by atoms with van der Waals surface area (Å²) in [5, 5.41) is 3.54. The quantitative estimate of drug-likeness (QED) is 0.749. The molecule has 4 rings (SSSR count). The molecule has 0 saturated heterocycles. The minimum atomic E-state index is 0.129. The van der Waals surface area contributed by atoms with Gasteiger partial charge in [-0.3, -0.25) is 4.98 Å². The second-order valence-corrected chi connectivity index (χ2v) is 6.55. The highest BCUT2D eigenvalue weighted by atomic mass is 16.6. The van der Waals surface area contributed by atoms with E-state index in [0.717, 1.165) is 46.3 Å². The molecule has 1 aliphatic heterocycles. The van der Waals surface area contributed by atoms with E-state index in [-0.39, 0.29) is 6.04 Å². The first-order valence-electron chi connectivity index (χ1n) is 9.06. The van der Waals surface area contributed by atoms with E-state index < -0.39 is 0 Å². The molecule has 0 radical (unpaired) electrons. The van der Waals surface area contributed by atoms with E-state index >= 15 is 0 Å². The van der Waals surface area contributed by atoms with Crippen molar-refractivity contribution in [2.45, 2.75) is 26.4 Å². The third-order valence-electron chi connectivity index (χ3n) is 4.64. The van der Waals surface area contributed by atoms with Gasteiger partial charge in [-0.2, -0.15) is 0 Å². The fourth-order valence-electron chi connectivity index (χ4n) is 3.12. The van der Waals surface area contributed by atoms with Crippen LogP contribution in [0.15, 0.2) is 48.9 Å². The van der Waals surface area contributed by atoms with Crippen LogP contribution in [0.25, 0.3) is 11.4 Å². The molecule has 0 spiro atoms. The minimum absolute atomic E-state index is 0.129. The predicted octanol–water partition coefficient (Wildman–Crippen LogP) is 3.47. The first-order chi connectivity index (χ1) is 13.2. The highest BCUT2D eigenvalue weighted by Gasteiger charge is 2.14. The van der Waals surface area contributed by atoms with Crippen molar-refractivity contribution in [1.29, 1.82) is 0 Å². The lowest BCUT2D eigenvalue weighted by Crippen LogP contribution is -2.20. The standard InChI is InChI=1S/C21H22N4O2/c1-14(23-12-16-3-4-19-20(11-16)27-10-9-26-19)18-13-24-21(25-15(18)2)17-5-7-22-8-6-17/h3-8,11,13-14,23H,9-10,12H2,1-2H3. The number of rotatable bonds is 5. The average Bonchev–Trinajstić information content (AvgIpc) is 2.72. The van der Waals surface area contributed by atoms with Crippen molar-refractivity contribution in [3.05, 3.63) is 65.7 Å². The number of nitrogens with zero attached hydrogens (tertiary/aromatic N) is 3. The van der Waals surface area contributed by atoms with E-state index in [4.69, 9.17) is 9.47 Å². The normalized spacial score (nSPS) is 14.0. The number of aryl methyl sites for hydroxylation is 1. The summed E-state index contributed by atoms with van der Waals surface area (Å²) in [6.07, 6.45) is 5.40. The lowest BCUT2D eigenvalue weighted by atomic mass is 10.1. The van der Waals surface area contributed by atoms with Crippen molar-refractivity contribution < 1.29 is 9.47 Å². The van der Waals surface area contributed by atoms with E-state index in [1.165, 1.54) is 0 Å². The molecule has 6 nitrogen and oxygen atoms in total. The summed E-state index contributed by atoms with van der Waals surface area (Å²) in [4.78, 5) is 13.2. The number of hydrogen-bond donors (Lipinski definition) is 1. The Morgan fingerprint density at radius 2 is 1.85 bits per heavy atom. The highest BCUT2D eigenvalue weighted by Crippen LogP contribution is 2.31. The van der Waals surface area contributed by atoms with E-state index in [2.05, 4.69) is 33.3 Å². The molecule has 138 valence electrons. The molecular formula is C21H22N4O2. The molecule has 2 aromatic heterocycles. The minimum Gasteiger partial charge on any atom is -0.486 e. The SMILES string of the molecule is Cc1nc(-c2ccncc2)ncc1C(C)NCc1ccc2c(c1)OCCO2. The van der Waals surface area contributed by atoms with Gasteiger partial charge in [-0.15, -0.1) is 0 Å². The second kappa shape index (κ2) is 7.72. The number of pyridine rings is 1. The summed E-state index contributed by atoms with van der Waals surface area (Å²) in [6.45, 7) is 6.07. The summed E-state index contributed by atoms with van der Waals surface area (Å²) in [5.74, 6) is 2.35. The summed E-state index contributed by atoms with van der Waals surface area (Å²) in [5.41, 5.74) is 4.18. The van der Waals surface area contributed by atoms with Gasteiger partial charge in [-0.1, -0.05) is 6.07 Å². The van der Waals surface area contributed by atoms with Gasteiger partial charge in [-0.05, 0) is 43.7 Å². The van der Waals surface area contributed by atoms with E-state index in [1.807, 2.05) is 37.4 Å². The van der Waals surface area contributed by atoms with Crippen molar-refractivity contribution in [3.8, 4) is 22.9 Å². The molecule has 0 amide bonds. The molecule has 0 fully saturated rings. The number of ether oxygens (including phenoxy) is 2. The lowest BCUT2D eigenvalue weighted by molar-refractivity contribution is 0.171. The molecule has 1 aliphatic rings. The zero-order chi connectivity index (χ0) is 18.6. The van der Waals surface area contributed by atoms with Gasteiger partial charge in [0.05, 0.1) is 0 Å². The smallest absolute Gasteiger partial charge is 0.161 e. The van der Waals surface area contributed by atoms with Gasteiger partial charge < -0.3 is 14.8 Å². The fourth-order valence-corrected chi connectivity index (χ4v) is 3.12. The summed E-state index contributed by atoms with van der Waals surface area (Å²) >= 11 is 0. The van der Waals surface area contributed by atoms with Crippen LogP contribution in [0.3, 0.4) is 0 Å². The maximum absolute atomic E-state index is 5.65. The number of nitrogens with one attached hydrogen (secondary N) is 1. The van der Waals surface area contributed by atoms with Gasteiger partial charge in [0.25, 0.3) is 0 Å². The summed E-state index contributed by atoms with van der Waals surface area (Å²) in [7, 11) is 0. The molecular weight excluding hydrogens is 340 g/mol. The monoisotopic (exact) mass is 362 g/mol. The Kier molecular flexibility index (Phi) is 4.98. The average molecular weight is 362 g/mol. The molecule has 0 aliphatic carbocycles. The van der Waals surface area contributed by atoms with Crippen LogP contribution in [0.1, 0.15) is 29.8 Å². The third kappa shape index (κ3) is 3.90. The zero-order valence-electron chi connectivity index (χ0n) is 15.5. The largest absolute Gasteiger partial charge is 0.486 e. The van der Waals surface area contributed by atoms with E-state index in [0.29, 0.717) is 13.2 Å². The maximum atomic E-state index is 5.65. The molecule has 3 aromatic rings. The number of benzene rings is 1. The molecule has 1 atom stereocenters. The lowest BCUT2D eigenvalue weighted by Gasteiger charge is -2.20. The van der Waals surface area contributed by atoms with Crippen LogP contribution in [0.5, 0.6) is 11.5 Å². The van der Waals surface area contributed by atoms with Gasteiger partial charge in [0.2, 0.25) is 0 Å². The van der Waals surface area contributed by atoms with E-state index in [1.54, 1.807) is 12.4 Å². The van der Waals surface area contributed by atoms with Crippen molar-refractivity contribution >= 4 is 0 Å². The first-order valence-corrected chi connectivity index (χ1v) is 9.06. The van der Waals surface area contributed by atoms with E-state index in [9.17, 15) is 0 Å². The third-order valence-corrected chi connectivity index (χ3v) is 4.64. The molecule has 27 heavy (non-hydrogen) atoms. The number of fused-ring (bicyclic) bond motifs is 1. The van der Waals surface area contributed by atoms with Gasteiger partial charge in [0.1, 0.15) is 13.2 Å². The van der Waals surface area contributed by atoms with Crippen molar-refractivity contribution in [2.24, 2.45) is 0 Å². The van der Waals surface area contributed by atoms with Gasteiger partial charge in [-0.25, -0.2) is 9.97 Å². The van der Waals surface area contributed by atoms with Crippen LogP contribution >= 0.6 is 0 Å². The Bertz CT molecular complexity index is 931. The Morgan fingerprint density at radius 1 is 1.07 bits per heavy atom. The summed E-state index contributed by atoms with van der Waals surface area (Å²) in [6, 6.07) is 10.0. The van der Waals surface area contributed by atoms with Gasteiger partial charge >= 0.3 is 0 Å². The number of aromatic nitrogens is 3. The van der Waals surface area contributed by atoms with Gasteiger partial charge in [0, 0.05) is 48.0 Å². The molecule has 0 bridgehead atoms. The van der Waals surface area contributed by atoms with Gasteiger partial charge in [0.15, 0.2) is 17.3 Å². The molecule has 0 saturated carbocycles. The van der Waals surface area contributed by atoms with Crippen molar-refractivity contribution in [3.63, 3.8) is 0 Å². The van der Waals surface area contributed by atoms with Crippen molar-refractivity contribution in [2.75, 3.05) is 13.2 Å². The Balaban J connectivity index is 1.44. The Labute approximate surface area is 158 Å². The first kappa shape index (κ1) is 17.4. The highest BCUT2D eigenvalue weighted by molar-refractivity contribution is 5.54. The van der Waals surface area contributed by atoms with Crippen LogP contribution in [0.2, 0.25) is 0 Å². The molecule has 1 unspecified atom stereocenters. The van der Waals surface area contributed by atoms with Crippen LogP contribution in [-0.2, 0) is 6.54 Å². The van der Waals surface area contributed by atoms with Crippen LogP contribution in [0, 0.1) is 6.92 Å². The zero-order valence-corrected chi connectivity index (χ0v) is 15.5. The van der Waals surface area contributed by atoms with Crippen molar-refractivity contribution in [1.82, 2.24) is 20.3 Å². The van der Waals surface area contributed by atoms with Crippen LogP contribution in [-0.4, -0.2) is 28.2 Å². The summed E-state index contributed by atoms with van der Waals surface area (Å²) < 4.78 is 11.2. The molecule has 6 heteroatoms. The topological polar surface area (TPSA) is 69.2 Å². The Morgan fingerprint density at radius 3 is 2.63 bits per heavy atom. The number of hydrogen-bond acceptors (Lipinski definition) is 6. The molecule has 1 aromatic carbocycles. The maximum Gasteiger partial charge on any atom is 0.161 e. The van der Waals surface area contributed by atoms with Crippen LogP contribution < -0.4 is 14.8 Å². The van der Waals surface area contributed by atoms with Crippen LogP contribution in [0.4, 0.5) is 0 Å².